The zero-order chi connectivity index (χ0) is 12.7. The fourth-order valence-electron chi connectivity index (χ4n) is 2.19. The van der Waals surface area contributed by atoms with Gasteiger partial charge in [0.1, 0.15) is 5.52 Å². The van der Waals surface area contributed by atoms with Crippen molar-refractivity contribution in [3.63, 3.8) is 0 Å². The van der Waals surface area contributed by atoms with E-state index in [2.05, 4.69) is 15.0 Å². The number of imidazole rings is 1. The summed E-state index contributed by atoms with van der Waals surface area (Å²) in [5.41, 5.74) is 12.6. The summed E-state index contributed by atoms with van der Waals surface area (Å²) in [7, 11) is 0. The highest BCUT2D eigenvalue weighted by Crippen LogP contribution is 2.42. The molecular weight excluding hydrogens is 252 g/mol. The van der Waals surface area contributed by atoms with Crippen molar-refractivity contribution < 1.29 is 5.11 Å². The van der Waals surface area contributed by atoms with Gasteiger partial charge < -0.3 is 21.1 Å². The van der Waals surface area contributed by atoms with E-state index in [1.54, 1.807) is 18.1 Å². The number of nitrogens with two attached hydrogens (primary N) is 2. The molecule has 0 aliphatic carbocycles. The number of fused-ring (bicyclic) bond motifs is 1. The second-order valence-corrected chi connectivity index (χ2v) is 5.75. The molecule has 96 valence electrons. The third-order valence-corrected chi connectivity index (χ3v) is 4.61. The molecule has 2 aromatic rings. The molecule has 18 heavy (non-hydrogen) atoms. The van der Waals surface area contributed by atoms with Gasteiger partial charge in [-0.1, -0.05) is 0 Å². The molecule has 0 bridgehead atoms. The minimum Gasteiger partial charge on any atom is -0.395 e. The smallest absolute Gasteiger partial charge is 0.224 e. The van der Waals surface area contributed by atoms with Crippen LogP contribution in [0.3, 0.4) is 0 Å². The number of aromatic nitrogens is 4. The Balaban J connectivity index is 2.03. The zero-order valence-electron chi connectivity index (χ0n) is 9.65. The Labute approximate surface area is 108 Å². The van der Waals surface area contributed by atoms with Crippen LogP contribution in [-0.2, 0) is 0 Å². The second-order valence-electron chi connectivity index (χ2n) is 4.26. The fourth-order valence-corrected chi connectivity index (χ4v) is 3.55. The highest BCUT2D eigenvalue weighted by molar-refractivity contribution is 8.00. The van der Waals surface area contributed by atoms with Crippen molar-refractivity contribution in [1.82, 2.24) is 19.5 Å². The van der Waals surface area contributed by atoms with Gasteiger partial charge in [0.25, 0.3) is 0 Å². The van der Waals surface area contributed by atoms with Crippen LogP contribution in [0.25, 0.3) is 11.2 Å². The van der Waals surface area contributed by atoms with Gasteiger partial charge in [-0.3, -0.25) is 0 Å². The van der Waals surface area contributed by atoms with E-state index in [1.165, 1.54) is 0 Å². The van der Waals surface area contributed by atoms with Gasteiger partial charge >= 0.3 is 0 Å². The highest BCUT2D eigenvalue weighted by Gasteiger charge is 2.27. The van der Waals surface area contributed by atoms with Gasteiger partial charge in [-0.05, 0) is 12.8 Å². The molecule has 7 nitrogen and oxygen atoms in total. The number of nitrogen functional groups attached to an aromatic ring is 2. The van der Waals surface area contributed by atoms with E-state index in [9.17, 15) is 5.11 Å². The van der Waals surface area contributed by atoms with E-state index in [0.717, 1.165) is 12.8 Å². The SMILES string of the molecule is Nc1nc(N)c2ncn([C@@H]3CC[C@H](CO)S3)c2n1. The van der Waals surface area contributed by atoms with E-state index >= 15 is 0 Å². The predicted octanol–water partition coefficient (Wildman–Crippen LogP) is 0.377. The number of aliphatic hydroxyl groups excluding tert-OH is 1. The lowest BCUT2D eigenvalue weighted by atomic mass is 10.2. The van der Waals surface area contributed by atoms with Crippen LogP contribution >= 0.6 is 11.8 Å². The van der Waals surface area contributed by atoms with Crippen LogP contribution in [0.15, 0.2) is 6.33 Å². The largest absolute Gasteiger partial charge is 0.395 e. The van der Waals surface area contributed by atoms with Gasteiger partial charge in [0.2, 0.25) is 5.95 Å². The number of aliphatic hydroxyl groups is 1. The maximum Gasteiger partial charge on any atom is 0.224 e. The number of rotatable bonds is 2. The summed E-state index contributed by atoms with van der Waals surface area (Å²) < 4.78 is 1.96. The molecule has 0 saturated carbocycles. The molecular formula is C10H14N6OS. The third kappa shape index (κ3) is 1.77. The zero-order valence-corrected chi connectivity index (χ0v) is 10.5. The van der Waals surface area contributed by atoms with Crippen molar-refractivity contribution >= 4 is 34.7 Å². The summed E-state index contributed by atoms with van der Waals surface area (Å²) in [6.45, 7) is 0.201. The highest BCUT2D eigenvalue weighted by atomic mass is 32.2. The number of hydrogen-bond donors (Lipinski definition) is 3. The third-order valence-electron chi connectivity index (χ3n) is 3.06. The molecule has 5 N–H and O–H groups in total. The van der Waals surface area contributed by atoms with Gasteiger partial charge in [-0.15, -0.1) is 11.8 Å². The lowest BCUT2D eigenvalue weighted by molar-refractivity contribution is 0.292. The number of nitrogens with zero attached hydrogens (tertiary/aromatic N) is 4. The molecule has 0 spiro atoms. The lowest BCUT2D eigenvalue weighted by Crippen LogP contribution is -2.06. The van der Waals surface area contributed by atoms with Crippen molar-refractivity contribution in [2.75, 3.05) is 18.1 Å². The first-order valence-electron chi connectivity index (χ1n) is 5.71. The van der Waals surface area contributed by atoms with Crippen LogP contribution in [0.1, 0.15) is 18.2 Å². The number of thioether (sulfide) groups is 1. The van der Waals surface area contributed by atoms with Crippen molar-refractivity contribution in [3.05, 3.63) is 6.33 Å². The molecule has 1 aliphatic rings. The van der Waals surface area contributed by atoms with Crippen molar-refractivity contribution in [2.45, 2.75) is 23.5 Å². The van der Waals surface area contributed by atoms with Crippen molar-refractivity contribution in [2.24, 2.45) is 0 Å². The van der Waals surface area contributed by atoms with Crippen LogP contribution < -0.4 is 11.5 Å². The van der Waals surface area contributed by atoms with Gasteiger partial charge in [0.15, 0.2) is 11.5 Å². The van der Waals surface area contributed by atoms with Gasteiger partial charge in [-0.25, -0.2) is 4.98 Å². The van der Waals surface area contributed by atoms with Crippen LogP contribution in [0, 0.1) is 0 Å². The first-order chi connectivity index (χ1) is 8.69. The molecule has 0 amide bonds. The van der Waals surface area contributed by atoms with Crippen molar-refractivity contribution in [1.29, 1.82) is 0 Å². The Kier molecular flexibility index (Phi) is 2.75. The quantitative estimate of drug-likeness (QED) is 0.719. The van der Waals surface area contributed by atoms with Gasteiger partial charge in [0, 0.05) is 5.25 Å². The summed E-state index contributed by atoms with van der Waals surface area (Å²) >= 11 is 1.73. The Hall–Kier alpha value is -1.54. The standard InChI is InChI=1S/C10H14N6OS/c11-8-7-9(15-10(12)14-8)16(4-13-7)6-2-1-5(3-17)18-6/h4-6,17H,1-3H2,(H4,11,12,14,15)/t5-,6+/m1/s1. The summed E-state index contributed by atoms with van der Waals surface area (Å²) in [6.07, 6.45) is 3.68. The average Bonchev–Trinajstić information content (AvgIpc) is 2.93. The summed E-state index contributed by atoms with van der Waals surface area (Å²) in [5, 5.41) is 9.68. The van der Waals surface area contributed by atoms with E-state index in [1.807, 2.05) is 4.57 Å². The predicted molar refractivity (Wildman–Crippen MR) is 70.9 cm³/mol. The van der Waals surface area contributed by atoms with Crippen LogP contribution in [0.5, 0.6) is 0 Å². The van der Waals surface area contributed by atoms with E-state index < -0.39 is 0 Å². The molecule has 2 aromatic heterocycles. The molecule has 0 aromatic carbocycles. The molecule has 2 atom stereocenters. The second kappa shape index (κ2) is 4.29. The van der Waals surface area contributed by atoms with Crippen molar-refractivity contribution in [3.8, 4) is 0 Å². The summed E-state index contributed by atoms with van der Waals surface area (Å²) in [6, 6.07) is 0. The fraction of sp³-hybridized carbons (Fsp3) is 0.500. The summed E-state index contributed by atoms with van der Waals surface area (Å²) in [4.78, 5) is 12.3. The maximum atomic E-state index is 9.17. The molecule has 3 heterocycles. The molecule has 8 heteroatoms. The minimum absolute atomic E-state index is 0.156. The van der Waals surface area contributed by atoms with E-state index in [-0.39, 0.29) is 23.2 Å². The van der Waals surface area contributed by atoms with E-state index in [0.29, 0.717) is 17.0 Å². The minimum atomic E-state index is 0.156. The Bertz CT molecular complexity index is 585. The first-order valence-corrected chi connectivity index (χ1v) is 6.65. The summed E-state index contributed by atoms with van der Waals surface area (Å²) in [5.74, 6) is 0.460. The monoisotopic (exact) mass is 266 g/mol. The van der Waals surface area contributed by atoms with Crippen LogP contribution in [0.2, 0.25) is 0 Å². The van der Waals surface area contributed by atoms with Gasteiger partial charge in [0.05, 0.1) is 18.3 Å². The maximum absolute atomic E-state index is 9.17. The molecule has 1 aliphatic heterocycles. The first kappa shape index (κ1) is 11.5. The molecule has 1 saturated heterocycles. The molecule has 0 unspecified atom stereocenters. The molecule has 0 radical (unpaired) electrons. The molecule has 1 fully saturated rings. The Morgan fingerprint density at radius 1 is 1.39 bits per heavy atom. The normalized spacial score (nSPS) is 23.8. The Morgan fingerprint density at radius 2 is 2.22 bits per heavy atom. The Morgan fingerprint density at radius 3 is 2.94 bits per heavy atom. The molecule has 3 rings (SSSR count). The van der Waals surface area contributed by atoms with Crippen LogP contribution in [-0.4, -0.2) is 36.5 Å². The number of anilines is 2. The average molecular weight is 266 g/mol. The van der Waals surface area contributed by atoms with Gasteiger partial charge in [-0.2, -0.15) is 9.97 Å². The van der Waals surface area contributed by atoms with Crippen LogP contribution in [0.4, 0.5) is 11.8 Å². The van der Waals surface area contributed by atoms with E-state index in [4.69, 9.17) is 11.5 Å². The topological polar surface area (TPSA) is 116 Å². The number of hydrogen-bond acceptors (Lipinski definition) is 7. The lowest BCUT2D eigenvalue weighted by Gasteiger charge is -2.12.